The molecule has 0 fully saturated rings. The Labute approximate surface area is 146 Å². The topological polar surface area (TPSA) is 50.9 Å². The maximum Gasteiger partial charge on any atom is 0.0963 e. The minimum absolute atomic E-state index is 0.161. The van der Waals surface area contributed by atoms with Crippen molar-refractivity contribution >= 4 is 10.9 Å². The van der Waals surface area contributed by atoms with E-state index in [0.717, 1.165) is 40.0 Å². The molecule has 4 aromatic rings. The molecular weight excluding hydrogens is 310 g/mol. The van der Waals surface area contributed by atoms with Gasteiger partial charge in [-0.1, -0.05) is 48.5 Å². The molecule has 124 valence electrons. The van der Waals surface area contributed by atoms with Gasteiger partial charge in [-0.25, -0.2) is 4.98 Å². The van der Waals surface area contributed by atoms with E-state index in [1.165, 1.54) is 0 Å². The van der Waals surface area contributed by atoms with Gasteiger partial charge in [0.25, 0.3) is 0 Å². The fourth-order valence-corrected chi connectivity index (χ4v) is 3.10. The van der Waals surface area contributed by atoms with Crippen LogP contribution in [0.15, 0.2) is 73.2 Å². The maximum atomic E-state index is 9.21. The number of benzene rings is 2. The van der Waals surface area contributed by atoms with Crippen LogP contribution in [0.4, 0.5) is 0 Å². The summed E-state index contributed by atoms with van der Waals surface area (Å²) in [6, 6.07) is 20.4. The third-order valence-corrected chi connectivity index (χ3v) is 4.31. The van der Waals surface area contributed by atoms with Gasteiger partial charge < -0.3 is 9.67 Å². The Morgan fingerprint density at radius 3 is 2.52 bits per heavy atom. The van der Waals surface area contributed by atoms with Crippen molar-refractivity contribution in [1.82, 2.24) is 14.5 Å². The van der Waals surface area contributed by atoms with E-state index >= 15 is 0 Å². The lowest BCUT2D eigenvalue weighted by Gasteiger charge is -2.11. The smallest absolute Gasteiger partial charge is 0.0963 e. The van der Waals surface area contributed by atoms with E-state index in [2.05, 4.69) is 38.8 Å². The summed E-state index contributed by atoms with van der Waals surface area (Å²) in [7, 11) is 0. The van der Waals surface area contributed by atoms with E-state index in [9.17, 15) is 5.11 Å². The summed E-state index contributed by atoms with van der Waals surface area (Å²) >= 11 is 0. The van der Waals surface area contributed by atoms with Crippen LogP contribution in [-0.4, -0.2) is 26.2 Å². The second kappa shape index (κ2) is 6.87. The minimum Gasteiger partial charge on any atom is -0.396 e. The molecule has 0 aliphatic carbocycles. The zero-order valence-corrected chi connectivity index (χ0v) is 13.8. The van der Waals surface area contributed by atoms with Crippen LogP contribution in [0.25, 0.3) is 33.4 Å². The minimum atomic E-state index is 0.161. The number of rotatable bonds is 5. The van der Waals surface area contributed by atoms with Crippen LogP contribution >= 0.6 is 0 Å². The summed E-state index contributed by atoms with van der Waals surface area (Å²) in [5.74, 6) is 0. The normalized spacial score (nSPS) is 11.1. The zero-order chi connectivity index (χ0) is 17.1. The van der Waals surface area contributed by atoms with E-state index in [1.807, 2.05) is 48.9 Å². The summed E-state index contributed by atoms with van der Waals surface area (Å²) < 4.78 is 2.10. The van der Waals surface area contributed by atoms with Gasteiger partial charge >= 0.3 is 0 Å². The Morgan fingerprint density at radius 1 is 0.880 bits per heavy atom. The van der Waals surface area contributed by atoms with Crippen molar-refractivity contribution in [3.63, 3.8) is 0 Å². The lowest BCUT2D eigenvalue weighted by Crippen LogP contribution is -2.01. The van der Waals surface area contributed by atoms with E-state index in [4.69, 9.17) is 0 Å². The fraction of sp³-hybridized carbons (Fsp3) is 0.143. The third kappa shape index (κ3) is 3.04. The standard InChI is InChI=1S/C21H19N3O/c25-12-6-11-24-15-23-20(16-7-2-1-3-8-16)21(24)18-13-17-9-4-5-10-19(17)22-14-18/h1-5,7-10,13-15,25H,6,11-12H2. The molecular formula is C21H19N3O. The highest BCUT2D eigenvalue weighted by atomic mass is 16.3. The zero-order valence-electron chi connectivity index (χ0n) is 13.8. The molecule has 0 spiro atoms. The van der Waals surface area contributed by atoms with Crippen LogP contribution in [0, 0.1) is 0 Å². The molecule has 0 radical (unpaired) electrons. The van der Waals surface area contributed by atoms with Crippen molar-refractivity contribution in [2.45, 2.75) is 13.0 Å². The first-order valence-electron chi connectivity index (χ1n) is 8.43. The molecule has 25 heavy (non-hydrogen) atoms. The number of imidazole rings is 1. The van der Waals surface area contributed by atoms with Crippen molar-refractivity contribution in [3.8, 4) is 22.5 Å². The van der Waals surface area contributed by atoms with Crippen LogP contribution in [0.1, 0.15) is 6.42 Å². The molecule has 2 aromatic heterocycles. The summed E-state index contributed by atoms with van der Waals surface area (Å²) in [6.45, 7) is 0.882. The number of aromatic nitrogens is 3. The van der Waals surface area contributed by atoms with Gasteiger partial charge in [-0.3, -0.25) is 4.98 Å². The van der Waals surface area contributed by atoms with Gasteiger partial charge in [-0.15, -0.1) is 0 Å². The first-order valence-corrected chi connectivity index (χ1v) is 8.43. The Hall–Kier alpha value is -2.98. The number of fused-ring (bicyclic) bond motifs is 1. The van der Waals surface area contributed by atoms with Crippen LogP contribution < -0.4 is 0 Å². The Bertz CT molecular complexity index is 992. The largest absolute Gasteiger partial charge is 0.396 e. The van der Waals surface area contributed by atoms with Crippen LogP contribution in [0.3, 0.4) is 0 Å². The molecule has 4 nitrogen and oxygen atoms in total. The number of pyridine rings is 1. The van der Waals surface area contributed by atoms with E-state index in [0.29, 0.717) is 6.42 Å². The molecule has 0 unspecified atom stereocenters. The van der Waals surface area contributed by atoms with Crippen molar-refractivity contribution in [2.24, 2.45) is 0 Å². The fourth-order valence-electron chi connectivity index (χ4n) is 3.10. The number of aryl methyl sites for hydroxylation is 1. The summed E-state index contributed by atoms with van der Waals surface area (Å²) in [6.07, 6.45) is 4.45. The van der Waals surface area contributed by atoms with E-state index in [-0.39, 0.29) is 6.61 Å². The van der Waals surface area contributed by atoms with Crippen molar-refractivity contribution in [2.75, 3.05) is 6.61 Å². The van der Waals surface area contributed by atoms with Gasteiger partial charge in [0.05, 0.1) is 23.2 Å². The van der Waals surface area contributed by atoms with Gasteiger partial charge in [0.15, 0.2) is 0 Å². The molecule has 4 heteroatoms. The van der Waals surface area contributed by atoms with Gasteiger partial charge in [0.2, 0.25) is 0 Å². The molecule has 4 rings (SSSR count). The Kier molecular flexibility index (Phi) is 4.27. The number of hydrogen-bond donors (Lipinski definition) is 1. The SMILES string of the molecule is OCCCn1cnc(-c2ccccc2)c1-c1cnc2ccccc2c1. The van der Waals surface area contributed by atoms with Crippen molar-refractivity contribution in [3.05, 3.63) is 73.2 Å². The highest BCUT2D eigenvalue weighted by molar-refractivity contribution is 5.86. The van der Waals surface area contributed by atoms with Gasteiger partial charge in [-0.05, 0) is 18.6 Å². The second-order valence-corrected chi connectivity index (χ2v) is 6.00. The number of para-hydroxylation sites is 1. The molecule has 0 saturated carbocycles. The molecule has 0 saturated heterocycles. The van der Waals surface area contributed by atoms with Gasteiger partial charge in [-0.2, -0.15) is 0 Å². The van der Waals surface area contributed by atoms with Crippen LogP contribution in [-0.2, 0) is 6.54 Å². The highest BCUT2D eigenvalue weighted by Gasteiger charge is 2.15. The number of nitrogens with zero attached hydrogens (tertiary/aromatic N) is 3. The molecule has 1 N–H and O–H groups in total. The van der Waals surface area contributed by atoms with Crippen LogP contribution in [0.5, 0.6) is 0 Å². The summed E-state index contributed by atoms with van der Waals surface area (Å²) in [5.41, 5.74) is 5.07. The molecule has 0 bridgehead atoms. The quantitative estimate of drug-likeness (QED) is 0.598. The first kappa shape index (κ1) is 15.5. The molecule has 0 aliphatic rings. The van der Waals surface area contributed by atoms with Crippen molar-refractivity contribution in [1.29, 1.82) is 0 Å². The predicted octanol–water partition coefficient (Wildman–Crippen LogP) is 4.15. The van der Waals surface area contributed by atoms with E-state index in [1.54, 1.807) is 0 Å². The molecule has 2 aromatic carbocycles. The lowest BCUT2D eigenvalue weighted by molar-refractivity contribution is 0.280. The van der Waals surface area contributed by atoms with Gasteiger partial charge in [0, 0.05) is 35.9 Å². The Morgan fingerprint density at radius 2 is 1.68 bits per heavy atom. The predicted molar refractivity (Wildman–Crippen MR) is 100 cm³/mol. The number of aliphatic hydroxyl groups excluding tert-OH is 1. The first-order chi connectivity index (χ1) is 12.4. The third-order valence-electron chi connectivity index (χ3n) is 4.31. The summed E-state index contributed by atoms with van der Waals surface area (Å²) in [5, 5.41) is 10.3. The second-order valence-electron chi connectivity index (χ2n) is 6.00. The molecule has 0 aliphatic heterocycles. The van der Waals surface area contributed by atoms with Crippen molar-refractivity contribution < 1.29 is 5.11 Å². The van der Waals surface area contributed by atoms with Gasteiger partial charge in [0.1, 0.15) is 0 Å². The average Bonchev–Trinajstić information content (AvgIpc) is 3.10. The summed E-state index contributed by atoms with van der Waals surface area (Å²) in [4.78, 5) is 9.25. The van der Waals surface area contributed by atoms with E-state index < -0.39 is 0 Å². The Balaban J connectivity index is 1.89. The monoisotopic (exact) mass is 329 g/mol. The number of aliphatic hydroxyl groups is 1. The molecule has 2 heterocycles. The maximum absolute atomic E-state index is 9.21. The average molecular weight is 329 g/mol. The molecule has 0 amide bonds. The lowest BCUT2D eigenvalue weighted by atomic mass is 10.0. The number of hydrogen-bond acceptors (Lipinski definition) is 3. The van der Waals surface area contributed by atoms with Crippen LogP contribution in [0.2, 0.25) is 0 Å². The molecule has 0 atom stereocenters. The highest BCUT2D eigenvalue weighted by Crippen LogP contribution is 2.32.